The quantitative estimate of drug-likeness (QED) is 0.617. The van der Waals surface area contributed by atoms with E-state index in [2.05, 4.69) is 5.16 Å². The molecule has 1 aliphatic carbocycles. The van der Waals surface area contributed by atoms with E-state index in [1.54, 1.807) is 0 Å². The van der Waals surface area contributed by atoms with Crippen LogP contribution in [0.2, 0.25) is 0 Å². The van der Waals surface area contributed by atoms with Crippen molar-refractivity contribution in [2.75, 3.05) is 13.2 Å². The second-order valence-corrected chi connectivity index (χ2v) is 5.21. The van der Waals surface area contributed by atoms with Gasteiger partial charge in [-0.15, -0.1) is 0 Å². The Morgan fingerprint density at radius 2 is 2.05 bits per heavy atom. The van der Waals surface area contributed by atoms with Crippen molar-refractivity contribution in [1.82, 2.24) is 0 Å². The number of oxime groups is 1. The van der Waals surface area contributed by atoms with Crippen LogP contribution < -0.4 is 4.74 Å². The summed E-state index contributed by atoms with van der Waals surface area (Å²) in [7, 11) is 0. The first-order valence-corrected chi connectivity index (χ1v) is 6.87. The maximum Gasteiger partial charge on any atom is 0.119 e. The molecule has 0 saturated carbocycles. The third-order valence-electron chi connectivity index (χ3n) is 3.20. The molecule has 0 heterocycles. The Labute approximate surface area is 118 Å². The van der Waals surface area contributed by atoms with Crippen LogP contribution in [0.4, 0.5) is 0 Å². The van der Waals surface area contributed by atoms with Crippen molar-refractivity contribution in [2.45, 2.75) is 38.9 Å². The first-order valence-electron chi connectivity index (χ1n) is 6.87. The molecule has 0 saturated heterocycles. The van der Waals surface area contributed by atoms with Gasteiger partial charge in [0, 0.05) is 5.56 Å². The standard InChI is InChI=1S/C15H21NO4/c1-10(2)19-8-12(17)9-20-13-4-5-14-11(7-13)3-6-15(14)16-18/h4-5,7,10,12,17-18H,3,6,8-9H2,1-2H3/b16-15+. The molecule has 110 valence electrons. The summed E-state index contributed by atoms with van der Waals surface area (Å²) in [5.74, 6) is 0.714. The molecule has 2 rings (SSSR count). The zero-order valence-electron chi connectivity index (χ0n) is 11.9. The summed E-state index contributed by atoms with van der Waals surface area (Å²) in [6, 6.07) is 5.65. The maximum atomic E-state index is 9.73. The van der Waals surface area contributed by atoms with Gasteiger partial charge in [-0.1, -0.05) is 5.16 Å². The van der Waals surface area contributed by atoms with Crippen molar-refractivity contribution < 1.29 is 19.8 Å². The van der Waals surface area contributed by atoms with E-state index in [4.69, 9.17) is 14.7 Å². The molecule has 0 fully saturated rings. The monoisotopic (exact) mass is 279 g/mol. The average molecular weight is 279 g/mol. The van der Waals surface area contributed by atoms with Gasteiger partial charge < -0.3 is 19.8 Å². The zero-order chi connectivity index (χ0) is 14.5. The number of aliphatic hydroxyl groups is 1. The Morgan fingerprint density at radius 1 is 1.25 bits per heavy atom. The second kappa shape index (κ2) is 6.72. The van der Waals surface area contributed by atoms with E-state index in [9.17, 15) is 5.11 Å². The van der Waals surface area contributed by atoms with E-state index in [0.717, 1.165) is 29.7 Å². The highest BCUT2D eigenvalue weighted by molar-refractivity contribution is 6.04. The Morgan fingerprint density at radius 3 is 2.75 bits per heavy atom. The fourth-order valence-electron chi connectivity index (χ4n) is 2.18. The summed E-state index contributed by atoms with van der Waals surface area (Å²) in [4.78, 5) is 0. The summed E-state index contributed by atoms with van der Waals surface area (Å²) in [5, 5.41) is 21.9. The highest BCUT2D eigenvalue weighted by atomic mass is 16.5. The van der Waals surface area contributed by atoms with Gasteiger partial charge in [-0.2, -0.15) is 0 Å². The molecule has 5 heteroatoms. The van der Waals surface area contributed by atoms with E-state index >= 15 is 0 Å². The van der Waals surface area contributed by atoms with Crippen LogP contribution in [0.3, 0.4) is 0 Å². The number of hydrogen-bond acceptors (Lipinski definition) is 5. The zero-order valence-corrected chi connectivity index (χ0v) is 11.9. The van der Waals surface area contributed by atoms with Gasteiger partial charge in [0.1, 0.15) is 18.5 Å². The van der Waals surface area contributed by atoms with Crippen molar-refractivity contribution in [3.05, 3.63) is 29.3 Å². The Bertz CT molecular complexity index is 485. The lowest BCUT2D eigenvalue weighted by atomic mass is 10.1. The topological polar surface area (TPSA) is 71.3 Å². The molecule has 1 aromatic carbocycles. The molecule has 0 aliphatic heterocycles. The van der Waals surface area contributed by atoms with Gasteiger partial charge in [-0.3, -0.25) is 0 Å². The van der Waals surface area contributed by atoms with Crippen molar-refractivity contribution in [3.8, 4) is 5.75 Å². The lowest BCUT2D eigenvalue weighted by Gasteiger charge is -2.15. The molecule has 5 nitrogen and oxygen atoms in total. The van der Waals surface area contributed by atoms with E-state index in [1.165, 1.54) is 0 Å². The first kappa shape index (κ1) is 14.8. The molecule has 1 aromatic rings. The van der Waals surface area contributed by atoms with Gasteiger partial charge in [0.2, 0.25) is 0 Å². The van der Waals surface area contributed by atoms with Crippen LogP contribution in [0.5, 0.6) is 5.75 Å². The lowest BCUT2D eigenvalue weighted by molar-refractivity contribution is -0.0122. The van der Waals surface area contributed by atoms with E-state index in [0.29, 0.717) is 5.75 Å². The number of aliphatic hydroxyl groups excluding tert-OH is 1. The number of fused-ring (bicyclic) bond motifs is 1. The number of benzene rings is 1. The summed E-state index contributed by atoms with van der Waals surface area (Å²) in [6.45, 7) is 4.32. The first-order chi connectivity index (χ1) is 9.60. The van der Waals surface area contributed by atoms with Crippen LogP contribution in [0, 0.1) is 0 Å². The highest BCUT2D eigenvalue weighted by Gasteiger charge is 2.18. The fraction of sp³-hybridized carbons (Fsp3) is 0.533. The number of nitrogens with zero attached hydrogens (tertiary/aromatic N) is 1. The lowest BCUT2D eigenvalue weighted by Crippen LogP contribution is -2.25. The smallest absolute Gasteiger partial charge is 0.119 e. The number of hydrogen-bond donors (Lipinski definition) is 2. The summed E-state index contributed by atoms with van der Waals surface area (Å²) < 4.78 is 10.9. The SMILES string of the molecule is CC(C)OCC(O)COc1ccc2c(c1)CC/C2=N\O. The third kappa shape index (κ3) is 3.71. The molecular weight excluding hydrogens is 258 g/mol. The van der Waals surface area contributed by atoms with Gasteiger partial charge in [0.15, 0.2) is 0 Å². The molecule has 0 aromatic heterocycles. The third-order valence-corrected chi connectivity index (χ3v) is 3.20. The molecule has 0 bridgehead atoms. The molecule has 1 atom stereocenters. The largest absolute Gasteiger partial charge is 0.491 e. The molecule has 20 heavy (non-hydrogen) atoms. The molecule has 2 N–H and O–H groups in total. The van der Waals surface area contributed by atoms with E-state index in [1.807, 2.05) is 32.0 Å². The van der Waals surface area contributed by atoms with Gasteiger partial charge in [0.05, 0.1) is 18.4 Å². The molecule has 1 unspecified atom stereocenters. The number of aryl methyl sites for hydroxylation is 1. The summed E-state index contributed by atoms with van der Waals surface area (Å²) in [6.07, 6.45) is 1.06. The highest BCUT2D eigenvalue weighted by Crippen LogP contribution is 2.26. The van der Waals surface area contributed by atoms with E-state index < -0.39 is 6.10 Å². The molecule has 1 aliphatic rings. The summed E-state index contributed by atoms with van der Waals surface area (Å²) in [5.41, 5.74) is 2.81. The Kier molecular flexibility index (Phi) is 4.98. The molecule has 0 radical (unpaired) electrons. The van der Waals surface area contributed by atoms with Crippen LogP contribution >= 0.6 is 0 Å². The minimum absolute atomic E-state index is 0.0980. The van der Waals surface area contributed by atoms with Crippen molar-refractivity contribution >= 4 is 5.71 Å². The fourth-order valence-corrected chi connectivity index (χ4v) is 2.18. The van der Waals surface area contributed by atoms with Crippen LogP contribution in [-0.4, -0.2) is 41.4 Å². The van der Waals surface area contributed by atoms with Crippen LogP contribution in [-0.2, 0) is 11.2 Å². The van der Waals surface area contributed by atoms with Crippen LogP contribution in [0.1, 0.15) is 31.4 Å². The van der Waals surface area contributed by atoms with Gasteiger partial charge in [0.25, 0.3) is 0 Å². The second-order valence-electron chi connectivity index (χ2n) is 5.21. The maximum absolute atomic E-state index is 9.73. The average Bonchev–Trinajstić information content (AvgIpc) is 2.85. The predicted molar refractivity (Wildman–Crippen MR) is 75.7 cm³/mol. The van der Waals surface area contributed by atoms with Crippen molar-refractivity contribution in [1.29, 1.82) is 0 Å². The van der Waals surface area contributed by atoms with Crippen molar-refractivity contribution in [2.24, 2.45) is 5.16 Å². The van der Waals surface area contributed by atoms with E-state index in [-0.39, 0.29) is 19.3 Å². The van der Waals surface area contributed by atoms with Crippen LogP contribution in [0.15, 0.2) is 23.4 Å². The van der Waals surface area contributed by atoms with Gasteiger partial charge in [-0.25, -0.2) is 0 Å². The minimum Gasteiger partial charge on any atom is -0.491 e. The molecule has 0 amide bonds. The number of rotatable bonds is 6. The number of ether oxygens (including phenoxy) is 2. The van der Waals surface area contributed by atoms with Gasteiger partial charge >= 0.3 is 0 Å². The Balaban J connectivity index is 1.89. The van der Waals surface area contributed by atoms with Crippen LogP contribution in [0.25, 0.3) is 0 Å². The predicted octanol–water partition coefficient (Wildman–Crippen LogP) is 1.98. The minimum atomic E-state index is -0.639. The molecule has 0 spiro atoms. The normalized spacial score (nSPS) is 17.5. The van der Waals surface area contributed by atoms with Gasteiger partial charge in [-0.05, 0) is 50.5 Å². The van der Waals surface area contributed by atoms with Crippen molar-refractivity contribution in [3.63, 3.8) is 0 Å². The Hall–Kier alpha value is -1.59. The molecular formula is C15H21NO4. The summed E-state index contributed by atoms with van der Waals surface area (Å²) >= 11 is 0.